The van der Waals surface area contributed by atoms with Crippen LogP contribution < -0.4 is 10.6 Å². The van der Waals surface area contributed by atoms with Crippen LogP contribution in [-0.2, 0) is 4.74 Å². The maximum Gasteiger partial charge on any atom is 0.409 e. The Kier molecular flexibility index (Phi) is 7.84. The third-order valence-corrected chi connectivity index (χ3v) is 3.20. The summed E-state index contributed by atoms with van der Waals surface area (Å²) in [5.74, 6) is 0.879. The summed E-state index contributed by atoms with van der Waals surface area (Å²) in [6.45, 7) is 9.61. The largest absolute Gasteiger partial charge is 0.450 e. The van der Waals surface area contributed by atoms with Crippen LogP contribution >= 0.6 is 0 Å². The fourth-order valence-corrected chi connectivity index (χ4v) is 2.16. The molecule has 1 rings (SSSR count). The van der Waals surface area contributed by atoms with Gasteiger partial charge >= 0.3 is 6.09 Å². The Hall–Kier alpha value is -1.46. The quantitative estimate of drug-likeness (QED) is 0.594. The zero-order valence-electron chi connectivity index (χ0n) is 12.9. The van der Waals surface area contributed by atoms with E-state index in [-0.39, 0.29) is 6.09 Å². The third kappa shape index (κ3) is 5.67. The van der Waals surface area contributed by atoms with E-state index in [0.717, 1.165) is 51.4 Å². The first-order valence-corrected chi connectivity index (χ1v) is 7.67. The fourth-order valence-electron chi connectivity index (χ4n) is 2.16. The third-order valence-electron chi connectivity index (χ3n) is 3.20. The van der Waals surface area contributed by atoms with Gasteiger partial charge in [-0.3, -0.25) is 4.99 Å². The molecule has 116 valence electrons. The van der Waals surface area contributed by atoms with Gasteiger partial charge in [-0.25, -0.2) is 4.79 Å². The van der Waals surface area contributed by atoms with Crippen LogP contribution in [0, 0.1) is 0 Å². The van der Waals surface area contributed by atoms with E-state index in [2.05, 4.69) is 29.5 Å². The van der Waals surface area contributed by atoms with Gasteiger partial charge < -0.3 is 20.3 Å². The number of amides is 1. The number of likely N-dealkylation sites (tertiary alicyclic amines) is 1. The summed E-state index contributed by atoms with van der Waals surface area (Å²) < 4.78 is 5.02. The van der Waals surface area contributed by atoms with Gasteiger partial charge in [-0.2, -0.15) is 0 Å². The summed E-state index contributed by atoms with van der Waals surface area (Å²) in [4.78, 5) is 17.9. The van der Waals surface area contributed by atoms with E-state index >= 15 is 0 Å². The molecule has 1 saturated heterocycles. The van der Waals surface area contributed by atoms with Gasteiger partial charge in [-0.05, 0) is 33.1 Å². The highest BCUT2D eigenvalue weighted by Crippen LogP contribution is 2.11. The molecule has 0 unspecified atom stereocenters. The van der Waals surface area contributed by atoms with Gasteiger partial charge in [-0.15, -0.1) is 0 Å². The number of piperidine rings is 1. The molecule has 0 aromatic carbocycles. The summed E-state index contributed by atoms with van der Waals surface area (Å²) >= 11 is 0. The van der Waals surface area contributed by atoms with Crippen molar-refractivity contribution in [2.24, 2.45) is 4.99 Å². The number of rotatable bonds is 5. The van der Waals surface area contributed by atoms with E-state index in [0.29, 0.717) is 12.6 Å². The van der Waals surface area contributed by atoms with Crippen molar-refractivity contribution < 1.29 is 9.53 Å². The summed E-state index contributed by atoms with van der Waals surface area (Å²) in [5.41, 5.74) is 0. The molecule has 0 atom stereocenters. The van der Waals surface area contributed by atoms with E-state index in [1.807, 2.05) is 6.92 Å². The highest BCUT2D eigenvalue weighted by Gasteiger charge is 2.23. The van der Waals surface area contributed by atoms with Crippen molar-refractivity contribution in [1.29, 1.82) is 0 Å². The molecule has 20 heavy (non-hydrogen) atoms. The van der Waals surface area contributed by atoms with Crippen LogP contribution in [0.15, 0.2) is 4.99 Å². The Labute approximate surface area is 122 Å². The minimum absolute atomic E-state index is 0.197. The Morgan fingerprint density at radius 2 is 2.00 bits per heavy atom. The first-order valence-electron chi connectivity index (χ1n) is 7.67. The molecule has 0 aliphatic carbocycles. The predicted molar refractivity (Wildman–Crippen MR) is 81.0 cm³/mol. The molecule has 0 radical (unpaired) electrons. The second-order valence-corrected chi connectivity index (χ2v) is 4.87. The summed E-state index contributed by atoms with van der Waals surface area (Å²) in [6, 6.07) is 0.371. The smallest absolute Gasteiger partial charge is 0.409 e. The van der Waals surface area contributed by atoms with Crippen LogP contribution in [0.25, 0.3) is 0 Å². The zero-order valence-corrected chi connectivity index (χ0v) is 12.9. The van der Waals surface area contributed by atoms with Crippen LogP contribution in [0.1, 0.15) is 40.0 Å². The number of hydrogen-bond acceptors (Lipinski definition) is 3. The number of aliphatic imine (C=N–C) groups is 1. The van der Waals surface area contributed by atoms with Crippen molar-refractivity contribution in [1.82, 2.24) is 15.5 Å². The second kappa shape index (κ2) is 9.44. The monoisotopic (exact) mass is 284 g/mol. The molecule has 1 fully saturated rings. The normalized spacial score (nSPS) is 16.9. The first kappa shape index (κ1) is 16.6. The maximum atomic E-state index is 11.6. The lowest BCUT2D eigenvalue weighted by Crippen LogP contribution is -2.49. The number of nitrogens with one attached hydrogen (secondary N) is 2. The van der Waals surface area contributed by atoms with E-state index in [1.54, 1.807) is 4.90 Å². The lowest BCUT2D eigenvalue weighted by atomic mass is 10.1. The molecule has 1 amide bonds. The lowest BCUT2D eigenvalue weighted by Gasteiger charge is -2.32. The molecule has 0 saturated carbocycles. The molecule has 6 nitrogen and oxygen atoms in total. The van der Waals surface area contributed by atoms with Crippen molar-refractivity contribution in [2.75, 3.05) is 32.8 Å². The van der Waals surface area contributed by atoms with E-state index < -0.39 is 0 Å². The van der Waals surface area contributed by atoms with Crippen LogP contribution in [0.4, 0.5) is 4.79 Å². The highest BCUT2D eigenvalue weighted by atomic mass is 16.6. The molecule has 0 spiro atoms. The van der Waals surface area contributed by atoms with Crippen molar-refractivity contribution >= 4 is 12.1 Å². The minimum Gasteiger partial charge on any atom is -0.450 e. The molecule has 1 heterocycles. The molecule has 0 aromatic heterocycles. The number of carbonyl (C=O) groups is 1. The fraction of sp³-hybridized carbons (Fsp3) is 0.857. The van der Waals surface area contributed by atoms with Crippen LogP contribution in [0.3, 0.4) is 0 Å². The van der Waals surface area contributed by atoms with Gasteiger partial charge in [0.15, 0.2) is 5.96 Å². The number of hydrogen-bond donors (Lipinski definition) is 2. The molecule has 0 bridgehead atoms. The molecule has 1 aliphatic rings. The Bertz CT molecular complexity index is 312. The van der Waals surface area contributed by atoms with Gasteiger partial charge in [0.2, 0.25) is 0 Å². The second-order valence-electron chi connectivity index (χ2n) is 4.87. The lowest BCUT2D eigenvalue weighted by molar-refractivity contribution is 0.0963. The molecular weight excluding hydrogens is 256 g/mol. The highest BCUT2D eigenvalue weighted by molar-refractivity contribution is 5.80. The average molecular weight is 284 g/mol. The van der Waals surface area contributed by atoms with Gasteiger partial charge in [0.25, 0.3) is 0 Å². The molecule has 1 aliphatic heterocycles. The summed E-state index contributed by atoms with van der Waals surface area (Å²) in [5, 5.41) is 6.70. The van der Waals surface area contributed by atoms with Crippen molar-refractivity contribution in [3.63, 3.8) is 0 Å². The maximum absolute atomic E-state index is 11.6. The van der Waals surface area contributed by atoms with E-state index in [9.17, 15) is 4.79 Å². The molecular formula is C14H28N4O2. The number of ether oxygens (including phenoxy) is 1. The summed E-state index contributed by atoms with van der Waals surface area (Å²) in [7, 11) is 0. The average Bonchev–Trinajstić information content (AvgIpc) is 2.46. The molecule has 2 N–H and O–H groups in total. The topological polar surface area (TPSA) is 66.0 Å². The zero-order chi connectivity index (χ0) is 14.8. The van der Waals surface area contributed by atoms with Crippen molar-refractivity contribution in [2.45, 2.75) is 46.1 Å². The molecule has 0 aromatic rings. The van der Waals surface area contributed by atoms with Crippen molar-refractivity contribution in [3.8, 4) is 0 Å². The number of nitrogens with zero attached hydrogens (tertiary/aromatic N) is 2. The standard InChI is InChI=1S/C14H28N4O2/c1-4-9-16-13(15-5-2)17-12-7-10-18(11-8-12)14(19)20-6-3/h12H,4-11H2,1-3H3,(H2,15,16,17). The Morgan fingerprint density at radius 3 is 2.55 bits per heavy atom. The van der Waals surface area contributed by atoms with E-state index in [4.69, 9.17) is 4.74 Å². The van der Waals surface area contributed by atoms with Gasteiger partial charge in [0.05, 0.1) is 6.61 Å². The Balaban J connectivity index is 2.38. The number of carbonyl (C=O) groups excluding carboxylic acids is 1. The van der Waals surface area contributed by atoms with Gasteiger partial charge in [-0.1, -0.05) is 6.92 Å². The van der Waals surface area contributed by atoms with E-state index in [1.165, 1.54) is 0 Å². The minimum atomic E-state index is -0.197. The van der Waals surface area contributed by atoms with Gasteiger partial charge in [0.1, 0.15) is 0 Å². The summed E-state index contributed by atoms with van der Waals surface area (Å²) in [6.07, 6.45) is 2.69. The van der Waals surface area contributed by atoms with Gasteiger partial charge in [0, 0.05) is 32.2 Å². The van der Waals surface area contributed by atoms with Crippen LogP contribution in [0.5, 0.6) is 0 Å². The number of guanidine groups is 1. The van der Waals surface area contributed by atoms with Crippen molar-refractivity contribution in [3.05, 3.63) is 0 Å². The molecule has 6 heteroatoms. The Morgan fingerprint density at radius 1 is 1.30 bits per heavy atom. The first-order chi connectivity index (χ1) is 9.71. The van der Waals surface area contributed by atoms with Crippen LogP contribution in [-0.4, -0.2) is 55.8 Å². The SMILES string of the molecule is CCCN=C(NCC)NC1CCN(C(=O)OCC)CC1. The van der Waals surface area contributed by atoms with Crippen LogP contribution in [0.2, 0.25) is 0 Å². The predicted octanol–water partition coefficient (Wildman–Crippen LogP) is 1.57.